The van der Waals surface area contributed by atoms with E-state index in [4.69, 9.17) is 0 Å². The topological polar surface area (TPSA) is 41.6 Å². The van der Waals surface area contributed by atoms with Gasteiger partial charge < -0.3 is 15.0 Å². The molecule has 4 nitrogen and oxygen atoms in total. The Morgan fingerprint density at radius 1 is 1.47 bits per heavy atom. The molecule has 0 aromatic carbocycles. The molecular formula is C11H20ClF3N2O2. The number of nitrogens with zero attached hydrogens (tertiary/aromatic N) is 1. The molecule has 0 radical (unpaired) electrons. The molecule has 1 saturated heterocycles. The van der Waals surface area contributed by atoms with Gasteiger partial charge in [-0.3, -0.25) is 4.79 Å². The molecule has 1 heterocycles. The highest BCUT2D eigenvalue weighted by Crippen LogP contribution is 2.17. The summed E-state index contributed by atoms with van der Waals surface area (Å²) in [5.41, 5.74) is 0. The highest BCUT2D eigenvalue weighted by molar-refractivity contribution is 5.85. The average Bonchev–Trinajstić information content (AvgIpc) is 2.28. The van der Waals surface area contributed by atoms with Crippen LogP contribution >= 0.6 is 12.4 Å². The molecule has 1 N–H and O–H groups in total. The predicted molar refractivity (Wildman–Crippen MR) is 67.4 cm³/mol. The number of nitrogens with one attached hydrogen (secondary N) is 1. The fourth-order valence-electron chi connectivity index (χ4n) is 2.09. The van der Waals surface area contributed by atoms with E-state index in [-0.39, 0.29) is 18.3 Å². The van der Waals surface area contributed by atoms with Crippen molar-refractivity contribution in [3.63, 3.8) is 0 Å². The molecule has 1 aliphatic rings. The Bertz CT molecular complexity index is 275. The van der Waals surface area contributed by atoms with Gasteiger partial charge in [0.2, 0.25) is 5.91 Å². The summed E-state index contributed by atoms with van der Waals surface area (Å²) in [6, 6.07) is 0. The molecule has 8 heteroatoms. The molecule has 1 atom stereocenters. The maximum Gasteiger partial charge on any atom is 0.411 e. The normalized spacial score (nSPS) is 20.0. The van der Waals surface area contributed by atoms with Gasteiger partial charge in [-0.15, -0.1) is 12.4 Å². The lowest BCUT2D eigenvalue weighted by molar-refractivity contribution is -0.178. The van der Waals surface area contributed by atoms with Crippen molar-refractivity contribution in [1.82, 2.24) is 10.2 Å². The van der Waals surface area contributed by atoms with E-state index in [0.29, 0.717) is 19.0 Å². The van der Waals surface area contributed by atoms with E-state index >= 15 is 0 Å². The lowest BCUT2D eigenvalue weighted by atomic mass is 9.98. The van der Waals surface area contributed by atoms with Crippen molar-refractivity contribution in [2.45, 2.75) is 19.0 Å². The van der Waals surface area contributed by atoms with Crippen molar-refractivity contribution in [2.24, 2.45) is 5.92 Å². The fraction of sp³-hybridized carbons (Fsp3) is 0.909. The fourth-order valence-corrected chi connectivity index (χ4v) is 2.09. The Balaban J connectivity index is 0.00000324. The molecule has 1 unspecified atom stereocenters. The van der Waals surface area contributed by atoms with Gasteiger partial charge in [-0.25, -0.2) is 0 Å². The average molecular weight is 305 g/mol. The van der Waals surface area contributed by atoms with Crippen molar-refractivity contribution in [1.29, 1.82) is 0 Å². The van der Waals surface area contributed by atoms with Crippen LogP contribution in [-0.2, 0) is 9.53 Å². The first-order chi connectivity index (χ1) is 8.42. The number of hydrogen-bond donors (Lipinski definition) is 1. The van der Waals surface area contributed by atoms with Gasteiger partial charge >= 0.3 is 6.18 Å². The van der Waals surface area contributed by atoms with Crippen molar-refractivity contribution < 1.29 is 22.7 Å². The van der Waals surface area contributed by atoms with Crippen LogP contribution in [0.3, 0.4) is 0 Å². The van der Waals surface area contributed by atoms with Crippen LogP contribution in [0.2, 0.25) is 0 Å². The highest BCUT2D eigenvalue weighted by Gasteiger charge is 2.29. The number of piperidine rings is 1. The summed E-state index contributed by atoms with van der Waals surface area (Å²) in [4.78, 5) is 13.2. The van der Waals surface area contributed by atoms with E-state index in [1.54, 1.807) is 4.90 Å². The van der Waals surface area contributed by atoms with Gasteiger partial charge in [0.05, 0.1) is 0 Å². The zero-order chi connectivity index (χ0) is 13.6. The van der Waals surface area contributed by atoms with E-state index in [1.165, 1.54) is 0 Å². The van der Waals surface area contributed by atoms with Crippen LogP contribution in [0.25, 0.3) is 0 Å². The SMILES string of the molecule is CNCC1CCCN(C(=O)COCC(F)(F)F)C1.Cl. The smallest absolute Gasteiger partial charge is 0.362 e. The Labute approximate surface area is 117 Å². The second-order valence-electron chi connectivity index (χ2n) is 4.51. The lowest BCUT2D eigenvalue weighted by Gasteiger charge is -2.32. The maximum atomic E-state index is 11.9. The molecule has 0 bridgehead atoms. The molecule has 19 heavy (non-hydrogen) atoms. The summed E-state index contributed by atoms with van der Waals surface area (Å²) in [5, 5.41) is 3.04. The first-order valence-corrected chi connectivity index (χ1v) is 5.99. The van der Waals surface area contributed by atoms with Crippen LogP contribution in [0.1, 0.15) is 12.8 Å². The van der Waals surface area contributed by atoms with E-state index in [0.717, 1.165) is 19.4 Å². The van der Waals surface area contributed by atoms with Gasteiger partial charge in [-0.1, -0.05) is 0 Å². The summed E-state index contributed by atoms with van der Waals surface area (Å²) >= 11 is 0. The van der Waals surface area contributed by atoms with Crippen LogP contribution in [0.5, 0.6) is 0 Å². The summed E-state index contributed by atoms with van der Waals surface area (Å²) < 4.78 is 39.9. The van der Waals surface area contributed by atoms with E-state index in [9.17, 15) is 18.0 Å². The predicted octanol–water partition coefficient (Wildman–Crippen LogP) is 1.45. The van der Waals surface area contributed by atoms with E-state index < -0.39 is 19.4 Å². The third-order valence-electron chi connectivity index (χ3n) is 2.86. The van der Waals surface area contributed by atoms with Gasteiger partial charge in [-0.2, -0.15) is 13.2 Å². The molecule has 0 aromatic heterocycles. The molecule has 1 amide bonds. The third-order valence-corrected chi connectivity index (χ3v) is 2.86. The van der Waals surface area contributed by atoms with Crippen molar-refractivity contribution in [3.8, 4) is 0 Å². The Morgan fingerprint density at radius 3 is 2.74 bits per heavy atom. The third kappa shape index (κ3) is 7.59. The highest BCUT2D eigenvalue weighted by atomic mass is 35.5. The Hall–Kier alpha value is -0.530. The number of carbonyl (C=O) groups excluding carboxylic acids is 1. The largest absolute Gasteiger partial charge is 0.411 e. The first-order valence-electron chi connectivity index (χ1n) is 5.99. The zero-order valence-corrected chi connectivity index (χ0v) is 11.6. The molecule has 0 aliphatic carbocycles. The first kappa shape index (κ1) is 18.5. The standard InChI is InChI=1S/C11H19F3N2O2.ClH/c1-15-5-9-3-2-4-16(6-9)10(17)7-18-8-11(12,13)14;/h9,15H,2-8H2,1H3;1H. The van der Waals surface area contributed by atoms with Crippen LogP contribution in [0, 0.1) is 5.92 Å². The number of likely N-dealkylation sites (tertiary alicyclic amines) is 1. The second kappa shape index (κ2) is 8.60. The minimum atomic E-state index is -4.38. The minimum Gasteiger partial charge on any atom is -0.362 e. The zero-order valence-electron chi connectivity index (χ0n) is 10.8. The molecule has 1 fully saturated rings. The number of amides is 1. The van der Waals surface area contributed by atoms with E-state index in [2.05, 4.69) is 10.1 Å². The number of rotatable bonds is 5. The molecule has 0 saturated carbocycles. The molecular weight excluding hydrogens is 285 g/mol. The van der Waals surface area contributed by atoms with Gasteiger partial charge in [0.25, 0.3) is 0 Å². The number of alkyl halides is 3. The van der Waals surface area contributed by atoms with Crippen LogP contribution in [0.15, 0.2) is 0 Å². The van der Waals surface area contributed by atoms with Crippen LogP contribution in [0.4, 0.5) is 13.2 Å². The lowest BCUT2D eigenvalue weighted by Crippen LogP contribution is -2.44. The summed E-state index contributed by atoms with van der Waals surface area (Å²) in [6.07, 6.45) is -2.46. The van der Waals surface area contributed by atoms with Crippen LogP contribution < -0.4 is 5.32 Å². The van der Waals surface area contributed by atoms with Crippen LogP contribution in [-0.4, -0.2) is 56.9 Å². The molecule has 1 aliphatic heterocycles. The van der Waals surface area contributed by atoms with Gasteiger partial charge in [0, 0.05) is 13.1 Å². The molecule has 114 valence electrons. The molecule has 1 rings (SSSR count). The Kier molecular flexibility index (Phi) is 8.36. The molecule has 0 spiro atoms. The van der Waals surface area contributed by atoms with E-state index in [1.807, 2.05) is 7.05 Å². The summed E-state index contributed by atoms with van der Waals surface area (Å²) in [7, 11) is 1.84. The maximum absolute atomic E-state index is 11.9. The van der Waals surface area contributed by atoms with Gasteiger partial charge in [0.1, 0.15) is 13.2 Å². The van der Waals surface area contributed by atoms with Gasteiger partial charge in [0.15, 0.2) is 0 Å². The van der Waals surface area contributed by atoms with Gasteiger partial charge in [-0.05, 0) is 32.4 Å². The summed E-state index contributed by atoms with van der Waals surface area (Å²) in [5.74, 6) is 0.00960. The van der Waals surface area contributed by atoms with Crippen molar-refractivity contribution in [3.05, 3.63) is 0 Å². The number of hydrogen-bond acceptors (Lipinski definition) is 3. The number of carbonyl (C=O) groups is 1. The second-order valence-corrected chi connectivity index (χ2v) is 4.51. The monoisotopic (exact) mass is 304 g/mol. The summed E-state index contributed by atoms with van der Waals surface area (Å²) in [6.45, 7) is 0.148. The number of halogens is 4. The quantitative estimate of drug-likeness (QED) is 0.836. The number of ether oxygens (including phenoxy) is 1. The Morgan fingerprint density at radius 2 is 2.16 bits per heavy atom. The molecule has 0 aromatic rings. The minimum absolute atomic E-state index is 0. The van der Waals surface area contributed by atoms with Crippen molar-refractivity contribution in [2.75, 3.05) is 39.9 Å². The van der Waals surface area contributed by atoms with Crippen molar-refractivity contribution >= 4 is 18.3 Å².